The maximum Gasteiger partial charge on any atom is 0.265 e. The fraction of sp³-hybridized carbons (Fsp3) is 0.750. The number of rotatable bonds is 4. The Balaban J connectivity index is 2.77. The standard InChI is InChI=1S/C8H16N4O2/c1-4-12(3)8-10-7(14-11-8)6(9)5(2)13/h5-6,13H,4,9H2,1-3H3/t5-,6+/m1/s1. The number of aliphatic hydroxyl groups excluding tert-OH is 1. The molecule has 0 spiro atoms. The summed E-state index contributed by atoms with van der Waals surface area (Å²) in [4.78, 5) is 5.89. The number of hydrogen-bond donors (Lipinski definition) is 2. The highest BCUT2D eigenvalue weighted by molar-refractivity contribution is 5.25. The predicted octanol–water partition coefficient (Wildman–Crippen LogP) is -0.0937. The van der Waals surface area contributed by atoms with Gasteiger partial charge in [0.1, 0.15) is 6.04 Å². The monoisotopic (exact) mass is 200 g/mol. The zero-order chi connectivity index (χ0) is 10.7. The molecular weight excluding hydrogens is 184 g/mol. The Morgan fingerprint density at radius 2 is 2.29 bits per heavy atom. The number of nitrogens with two attached hydrogens (primary N) is 1. The third-order valence-electron chi connectivity index (χ3n) is 2.05. The summed E-state index contributed by atoms with van der Waals surface area (Å²) in [5, 5.41) is 13.0. The quantitative estimate of drug-likeness (QED) is 0.706. The van der Waals surface area contributed by atoms with E-state index in [1.165, 1.54) is 0 Å². The third kappa shape index (κ3) is 2.21. The van der Waals surface area contributed by atoms with Crippen molar-refractivity contribution in [2.75, 3.05) is 18.5 Å². The maximum atomic E-state index is 9.21. The fourth-order valence-electron chi connectivity index (χ4n) is 0.865. The van der Waals surface area contributed by atoms with Crippen molar-refractivity contribution in [3.8, 4) is 0 Å². The van der Waals surface area contributed by atoms with Gasteiger partial charge < -0.3 is 20.3 Å². The highest BCUT2D eigenvalue weighted by Gasteiger charge is 2.20. The summed E-state index contributed by atoms with van der Waals surface area (Å²) in [5.41, 5.74) is 5.63. The number of anilines is 1. The minimum atomic E-state index is -0.699. The molecule has 80 valence electrons. The number of aromatic nitrogens is 2. The van der Waals surface area contributed by atoms with Crippen molar-refractivity contribution in [3.05, 3.63) is 5.89 Å². The molecule has 1 heterocycles. The average Bonchev–Trinajstić information content (AvgIpc) is 2.64. The number of hydrogen-bond acceptors (Lipinski definition) is 6. The van der Waals surface area contributed by atoms with E-state index >= 15 is 0 Å². The average molecular weight is 200 g/mol. The molecule has 1 rings (SSSR count). The molecule has 0 aliphatic heterocycles. The van der Waals surface area contributed by atoms with Gasteiger partial charge in [-0.2, -0.15) is 4.98 Å². The van der Waals surface area contributed by atoms with Crippen molar-refractivity contribution in [3.63, 3.8) is 0 Å². The highest BCUT2D eigenvalue weighted by atomic mass is 16.5. The summed E-state index contributed by atoms with van der Waals surface area (Å²) in [6.07, 6.45) is -0.699. The number of aliphatic hydroxyl groups is 1. The molecule has 6 nitrogen and oxygen atoms in total. The lowest BCUT2D eigenvalue weighted by Crippen LogP contribution is -2.24. The van der Waals surface area contributed by atoms with Crippen LogP contribution >= 0.6 is 0 Å². The molecule has 0 amide bonds. The fourth-order valence-corrected chi connectivity index (χ4v) is 0.865. The highest BCUT2D eigenvalue weighted by Crippen LogP contribution is 2.14. The molecule has 1 aromatic heterocycles. The summed E-state index contributed by atoms with van der Waals surface area (Å²) >= 11 is 0. The minimum absolute atomic E-state index is 0.260. The minimum Gasteiger partial charge on any atom is -0.391 e. The Hall–Kier alpha value is -1.14. The molecule has 0 saturated carbocycles. The van der Waals surface area contributed by atoms with Crippen LogP contribution in [0, 0.1) is 0 Å². The first-order valence-electron chi connectivity index (χ1n) is 4.54. The first-order valence-corrected chi connectivity index (χ1v) is 4.54. The van der Waals surface area contributed by atoms with E-state index in [-0.39, 0.29) is 5.89 Å². The van der Waals surface area contributed by atoms with Crippen LogP contribution in [0.3, 0.4) is 0 Å². The molecule has 0 fully saturated rings. The summed E-state index contributed by atoms with van der Waals surface area (Å²) < 4.78 is 4.92. The van der Waals surface area contributed by atoms with E-state index in [9.17, 15) is 5.11 Å². The van der Waals surface area contributed by atoms with Crippen LogP contribution in [0.2, 0.25) is 0 Å². The molecule has 6 heteroatoms. The molecular formula is C8H16N4O2. The maximum absolute atomic E-state index is 9.21. The normalized spacial score (nSPS) is 15.2. The molecule has 2 atom stereocenters. The van der Waals surface area contributed by atoms with Gasteiger partial charge in [-0.05, 0) is 19.0 Å². The van der Waals surface area contributed by atoms with Crippen LogP contribution in [0.25, 0.3) is 0 Å². The molecule has 1 aromatic rings. The van der Waals surface area contributed by atoms with E-state index in [0.717, 1.165) is 6.54 Å². The van der Waals surface area contributed by atoms with E-state index in [2.05, 4.69) is 10.1 Å². The molecule has 0 aliphatic rings. The predicted molar refractivity (Wildman–Crippen MR) is 51.9 cm³/mol. The summed E-state index contributed by atoms with van der Waals surface area (Å²) in [6.45, 7) is 4.34. The lowest BCUT2D eigenvalue weighted by atomic mass is 10.2. The summed E-state index contributed by atoms with van der Waals surface area (Å²) in [6, 6.07) is -0.624. The molecule has 0 saturated heterocycles. The van der Waals surface area contributed by atoms with E-state index < -0.39 is 12.1 Å². The van der Waals surface area contributed by atoms with Crippen molar-refractivity contribution >= 4 is 5.95 Å². The molecule has 14 heavy (non-hydrogen) atoms. The third-order valence-corrected chi connectivity index (χ3v) is 2.05. The summed E-state index contributed by atoms with van der Waals surface area (Å²) in [5.74, 6) is 0.744. The van der Waals surface area contributed by atoms with Gasteiger partial charge in [-0.3, -0.25) is 0 Å². The van der Waals surface area contributed by atoms with Crippen LogP contribution in [0.4, 0.5) is 5.95 Å². The van der Waals surface area contributed by atoms with Gasteiger partial charge in [-0.15, -0.1) is 0 Å². The van der Waals surface area contributed by atoms with E-state index in [0.29, 0.717) is 5.95 Å². The zero-order valence-corrected chi connectivity index (χ0v) is 8.64. The Morgan fingerprint density at radius 3 is 2.79 bits per heavy atom. The van der Waals surface area contributed by atoms with E-state index in [1.54, 1.807) is 6.92 Å². The Labute approximate surface area is 82.7 Å². The lowest BCUT2D eigenvalue weighted by molar-refractivity contribution is 0.146. The molecule has 0 radical (unpaired) electrons. The first-order chi connectivity index (χ1) is 6.56. The summed E-state index contributed by atoms with van der Waals surface area (Å²) in [7, 11) is 1.85. The second-order valence-corrected chi connectivity index (χ2v) is 3.21. The van der Waals surface area contributed by atoms with Gasteiger partial charge in [0, 0.05) is 13.6 Å². The molecule has 0 aromatic carbocycles. The van der Waals surface area contributed by atoms with Gasteiger partial charge in [0.05, 0.1) is 6.10 Å². The van der Waals surface area contributed by atoms with Crippen molar-refractivity contribution < 1.29 is 9.63 Å². The van der Waals surface area contributed by atoms with Crippen LogP contribution in [-0.4, -0.2) is 34.9 Å². The second-order valence-electron chi connectivity index (χ2n) is 3.21. The van der Waals surface area contributed by atoms with Gasteiger partial charge in [-0.1, -0.05) is 0 Å². The molecule has 0 aliphatic carbocycles. The van der Waals surface area contributed by atoms with Crippen molar-refractivity contribution in [1.82, 2.24) is 10.1 Å². The van der Waals surface area contributed by atoms with Crippen molar-refractivity contribution in [1.29, 1.82) is 0 Å². The second kappa shape index (κ2) is 4.39. The first kappa shape index (κ1) is 10.9. The van der Waals surface area contributed by atoms with Crippen molar-refractivity contribution in [2.24, 2.45) is 5.73 Å². The van der Waals surface area contributed by atoms with Crippen LogP contribution in [0.5, 0.6) is 0 Å². The Morgan fingerprint density at radius 1 is 1.64 bits per heavy atom. The van der Waals surface area contributed by atoms with Gasteiger partial charge in [0.25, 0.3) is 5.95 Å². The number of nitrogens with zero attached hydrogens (tertiary/aromatic N) is 3. The van der Waals surface area contributed by atoms with E-state index in [4.69, 9.17) is 10.3 Å². The molecule has 0 unspecified atom stereocenters. The Kier molecular flexibility index (Phi) is 3.43. The van der Waals surface area contributed by atoms with Gasteiger partial charge in [0.2, 0.25) is 5.89 Å². The van der Waals surface area contributed by atoms with E-state index in [1.807, 2.05) is 18.9 Å². The van der Waals surface area contributed by atoms with Crippen LogP contribution < -0.4 is 10.6 Å². The molecule has 3 N–H and O–H groups in total. The topological polar surface area (TPSA) is 88.4 Å². The lowest BCUT2D eigenvalue weighted by Gasteiger charge is -2.10. The molecule has 0 bridgehead atoms. The van der Waals surface area contributed by atoms with Gasteiger partial charge in [-0.25, -0.2) is 0 Å². The Bertz CT molecular complexity index is 287. The largest absolute Gasteiger partial charge is 0.391 e. The van der Waals surface area contributed by atoms with Crippen molar-refractivity contribution in [2.45, 2.75) is 26.0 Å². The van der Waals surface area contributed by atoms with Gasteiger partial charge >= 0.3 is 0 Å². The van der Waals surface area contributed by atoms with Crippen LogP contribution in [-0.2, 0) is 0 Å². The van der Waals surface area contributed by atoms with Crippen LogP contribution in [0.15, 0.2) is 4.52 Å². The smallest absolute Gasteiger partial charge is 0.265 e. The zero-order valence-electron chi connectivity index (χ0n) is 8.64. The SMILES string of the molecule is CCN(C)c1noc([C@@H](N)[C@@H](C)O)n1. The van der Waals surface area contributed by atoms with Crippen LogP contribution in [0.1, 0.15) is 25.8 Å². The van der Waals surface area contributed by atoms with Gasteiger partial charge in [0.15, 0.2) is 0 Å².